The second-order valence-corrected chi connectivity index (χ2v) is 6.24. The van der Waals surface area contributed by atoms with Crippen molar-refractivity contribution >= 4 is 17.6 Å². The molecule has 2 aromatic rings. The maximum Gasteiger partial charge on any atom is 0.127 e. The first kappa shape index (κ1) is 11.7. The first-order valence-electron chi connectivity index (χ1n) is 6.09. The number of nitrogens with zero attached hydrogens (tertiary/aromatic N) is 2. The van der Waals surface area contributed by atoms with Gasteiger partial charge in [0.2, 0.25) is 0 Å². The minimum atomic E-state index is 0.203. The Kier molecular flexibility index (Phi) is 2.63. The van der Waals surface area contributed by atoms with E-state index in [1.165, 1.54) is 5.56 Å². The number of aryl methyl sites for hydroxylation is 1. The van der Waals surface area contributed by atoms with E-state index in [4.69, 9.17) is 5.73 Å². The van der Waals surface area contributed by atoms with Crippen LogP contribution in [0.2, 0.25) is 0 Å². The average Bonchev–Trinajstić information content (AvgIpc) is 2.70. The molecule has 0 bridgehead atoms. The maximum atomic E-state index is 6.08. The van der Waals surface area contributed by atoms with Gasteiger partial charge in [-0.25, -0.2) is 4.68 Å². The van der Waals surface area contributed by atoms with Crippen LogP contribution in [0.15, 0.2) is 30.3 Å². The van der Waals surface area contributed by atoms with Crippen molar-refractivity contribution in [1.82, 2.24) is 9.78 Å². The molecule has 1 fully saturated rings. The predicted octanol–water partition coefficient (Wildman–Crippen LogP) is 2.77. The molecule has 1 aromatic carbocycles. The van der Waals surface area contributed by atoms with Crippen LogP contribution in [0.1, 0.15) is 18.2 Å². The van der Waals surface area contributed by atoms with Gasteiger partial charge in [-0.2, -0.15) is 16.9 Å². The number of hydrogen-bond acceptors (Lipinski definition) is 3. The summed E-state index contributed by atoms with van der Waals surface area (Å²) in [6, 6.07) is 10.3. The molecule has 94 valence electrons. The molecule has 1 aliphatic rings. The standard InChI is InChI=1S/C14H17N3S/c1-10-3-5-11(6-4-10)17-13(15)7-12(16-17)14(2)8-18-9-14/h3-7H,8-9,15H2,1-2H3. The zero-order valence-electron chi connectivity index (χ0n) is 10.7. The van der Waals surface area contributed by atoms with Crippen molar-refractivity contribution < 1.29 is 0 Å². The number of benzene rings is 1. The van der Waals surface area contributed by atoms with E-state index in [0.717, 1.165) is 22.9 Å². The highest BCUT2D eigenvalue weighted by Gasteiger charge is 2.37. The lowest BCUT2D eigenvalue weighted by Gasteiger charge is -2.35. The van der Waals surface area contributed by atoms with Crippen molar-refractivity contribution in [3.8, 4) is 5.69 Å². The Labute approximate surface area is 111 Å². The molecule has 0 atom stereocenters. The molecule has 0 spiro atoms. The number of thioether (sulfide) groups is 1. The van der Waals surface area contributed by atoms with Crippen molar-refractivity contribution in [2.45, 2.75) is 19.3 Å². The van der Waals surface area contributed by atoms with Gasteiger partial charge in [0.1, 0.15) is 5.82 Å². The molecular weight excluding hydrogens is 242 g/mol. The van der Waals surface area contributed by atoms with Crippen LogP contribution in [-0.4, -0.2) is 21.3 Å². The number of anilines is 1. The first-order valence-corrected chi connectivity index (χ1v) is 7.25. The fraction of sp³-hybridized carbons (Fsp3) is 0.357. The summed E-state index contributed by atoms with van der Waals surface area (Å²) in [6.45, 7) is 4.33. The van der Waals surface area contributed by atoms with E-state index in [1.54, 1.807) is 0 Å². The van der Waals surface area contributed by atoms with Crippen LogP contribution >= 0.6 is 11.8 Å². The van der Waals surface area contributed by atoms with Crippen LogP contribution in [0.25, 0.3) is 5.69 Å². The minimum absolute atomic E-state index is 0.203. The molecule has 3 rings (SSSR count). The lowest BCUT2D eigenvalue weighted by Crippen LogP contribution is -2.37. The monoisotopic (exact) mass is 259 g/mol. The van der Waals surface area contributed by atoms with E-state index < -0.39 is 0 Å². The van der Waals surface area contributed by atoms with Gasteiger partial charge in [0.15, 0.2) is 0 Å². The number of aromatic nitrogens is 2. The van der Waals surface area contributed by atoms with Gasteiger partial charge in [0.25, 0.3) is 0 Å². The Morgan fingerprint density at radius 2 is 1.94 bits per heavy atom. The topological polar surface area (TPSA) is 43.8 Å². The molecule has 0 saturated carbocycles. The number of hydrogen-bond donors (Lipinski definition) is 1. The first-order chi connectivity index (χ1) is 8.58. The lowest BCUT2D eigenvalue weighted by atomic mass is 9.91. The van der Waals surface area contributed by atoms with E-state index in [1.807, 2.05) is 22.5 Å². The molecule has 4 heteroatoms. The maximum absolute atomic E-state index is 6.08. The quantitative estimate of drug-likeness (QED) is 0.902. The minimum Gasteiger partial charge on any atom is -0.384 e. The molecule has 0 aliphatic carbocycles. The largest absolute Gasteiger partial charge is 0.384 e. The number of rotatable bonds is 2. The summed E-state index contributed by atoms with van der Waals surface area (Å²) in [5, 5.41) is 4.68. The molecule has 3 nitrogen and oxygen atoms in total. The summed E-state index contributed by atoms with van der Waals surface area (Å²) in [7, 11) is 0. The van der Waals surface area contributed by atoms with Crippen molar-refractivity contribution in [3.05, 3.63) is 41.6 Å². The zero-order chi connectivity index (χ0) is 12.8. The van der Waals surface area contributed by atoms with Crippen LogP contribution in [0, 0.1) is 6.92 Å². The Hall–Kier alpha value is -1.42. The van der Waals surface area contributed by atoms with Gasteiger partial charge < -0.3 is 5.73 Å². The van der Waals surface area contributed by atoms with Crippen molar-refractivity contribution in [2.24, 2.45) is 0 Å². The Morgan fingerprint density at radius 3 is 2.50 bits per heavy atom. The molecule has 2 N–H and O–H groups in total. The molecule has 0 radical (unpaired) electrons. The second kappa shape index (κ2) is 4.05. The molecule has 18 heavy (non-hydrogen) atoms. The third-order valence-corrected chi connectivity index (χ3v) is 5.16. The smallest absolute Gasteiger partial charge is 0.127 e. The van der Waals surface area contributed by atoms with Gasteiger partial charge in [-0.15, -0.1) is 0 Å². The summed E-state index contributed by atoms with van der Waals surface area (Å²) < 4.78 is 1.84. The van der Waals surface area contributed by atoms with Gasteiger partial charge in [-0.1, -0.05) is 24.6 Å². The van der Waals surface area contributed by atoms with Gasteiger partial charge in [-0.05, 0) is 19.1 Å². The molecule has 0 amide bonds. The van der Waals surface area contributed by atoms with E-state index >= 15 is 0 Å². The summed E-state index contributed by atoms with van der Waals surface area (Å²) in [4.78, 5) is 0. The summed E-state index contributed by atoms with van der Waals surface area (Å²) in [5.74, 6) is 2.99. The Morgan fingerprint density at radius 1 is 1.28 bits per heavy atom. The fourth-order valence-corrected chi connectivity index (χ4v) is 3.25. The van der Waals surface area contributed by atoms with Crippen molar-refractivity contribution in [1.29, 1.82) is 0 Å². The van der Waals surface area contributed by atoms with Crippen molar-refractivity contribution in [3.63, 3.8) is 0 Å². The normalized spacial score (nSPS) is 17.4. The van der Waals surface area contributed by atoms with E-state index in [9.17, 15) is 0 Å². The second-order valence-electron chi connectivity index (χ2n) is 5.26. The molecular formula is C14H17N3S. The van der Waals surface area contributed by atoms with Crippen molar-refractivity contribution in [2.75, 3.05) is 17.2 Å². The van der Waals surface area contributed by atoms with E-state index in [0.29, 0.717) is 5.82 Å². The predicted molar refractivity (Wildman–Crippen MR) is 77.4 cm³/mol. The molecule has 1 aromatic heterocycles. The van der Waals surface area contributed by atoms with E-state index in [2.05, 4.69) is 43.2 Å². The third-order valence-electron chi connectivity index (χ3n) is 3.48. The van der Waals surface area contributed by atoms with Gasteiger partial charge in [0, 0.05) is 23.0 Å². The van der Waals surface area contributed by atoms with E-state index in [-0.39, 0.29) is 5.41 Å². The van der Waals surface area contributed by atoms with Crippen LogP contribution in [-0.2, 0) is 5.41 Å². The highest BCUT2D eigenvalue weighted by atomic mass is 32.2. The molecule has 0 unspecified atom stereocenters. The van der Waals surface area contributed by atoms with Gasteiger partial charge in [0.05, 0.1) is 11.4 Å². The Bertz CT molecular complexity index is 567. The Balaban J connectivity index is 2.00. The molecule has 2 heterocycles. The summed E-state index contributed by atoms with van der Waals surface area (Å²) >= 11 is 1.96. The number of nitrogen functional groups attached to an aromatic ring is 1. The lowest BCUT2D eigenvalue weighted by molar-refractivity contribution is 0.552. The molecule has 1 aliphatic heterocycles. The van der Waals surface area contributed by atoms with Crippen LogP contribution in [0.3, 0.4) is 0 Å². The average molecular weight is 259 g/mol. The highest BCUT2D eigenvalue weighted by molar-refractivity contribution is 8.00. The number of nitrogens with two attached hydrogens (primary N) is 1. The fourth-order valence-electron chi connectivity index (χ4n) is 2.14. The summed E-state index contributed by atoms with van der Waals surface area (Å²) in [5.41, 5.74) is 9.66. The zero-order valence-corrected chi connectivity index (χ0v) is 11.5. The highest BCUT2D eigenvalue weighted by Crippen LogP contribution is 2.40. The van der Waals surface area contributed by atoms with Gasteiger partial charge >= 0.3 is 0 Å². The SMILES string of the molecule is Cc1ccc(-n2nc(C3(C)CSC3)cc2N)cc1. The van der Waals surface area contributed by atoms with Gasteiger partial charge in [-0.3, -0.25) is 0 Å². The van der Waals surface area contributed by atoms with Crippen LogP contribution in [0.5, 0.6) is 0 Å². The van der Waals surface area contributed by atoms with Crippen LogP contribution < -0.4 is 5.73 Å². The van der Waals surface area contributed by atoms with Crippen LogP contribution in [0.4, 0.5) is 5.82 Å². The third kappa shape index (κ3) is 1.81. The molecule has 1 saturated heterocycles. The summed E-state index contributed by atoms with van der Waals surface area (Å²) in [6.07, 6.45) is 0.